The third-order valence-electron chi connectivity index (χ3n) is 5.22. The van der Waals surface area contributed by atoms with E-state index in [1.54, 1.807) is 0 Å². The minimum atomic E-state index is -5.12. The van der Waals surface area contributed by atoms with Crippen LogP contribution in [-0.2, 0) is 36.4 Å². The number of amides is 1. The molecule has 1 amide bonds. The molecule has 0 spiro atoms. The van der Waals surface area contributed by atoms with E-state index in [0.717, 1.165) is 25.3 Å². The molecule has 198 valence electrons. The summed E-state index contributed by atoms with van der Waals surface area (Å²) in [5.74, 6) is 0. The predicted octanol–water partition coefficient (Wildman–Crippen LogP) is 7.57. The number of rotatable bonds is 5. The van der Waals surface area contributed by atoms with E-state index in [0.29, 0.717) is 22.6 Å². The smallest absolute Gasteiger partial charge is 0.416 e. The van der Waals surface area contributed by atoms with Gasteiger partial charge in [0.1, 0.15) is 0 Å². The van der Waals surface area contributed by atoms with Crippen molar-refractivity contribution in [3.8, 4) is 11.1 Å². The van der Waals surface area contributed by atoms with Crippen molar-refractivity contribution in [3.63, 3.8) is 0 Å². The summed E-state index contributed by atoms with van der Waals surface area (Å²) in [7, 11) is 0.913. The van der Waals surface area contributed by atoms with E-state index in [4.69, 9.17) is 0 Å². The van der Waals surface area contributed by atoms with E-state index in [1.165, 1.54) is 24.5 Å². The molecule has 0 aliphatic rings. The van der Waals surface area contributed by atoms with Crippen molar-refractivity contribution in [2.24, 2.45) is 0 Å². The standard InChI is InChI=1S/C24H17F9N2O2/c1-37-21(36)35(12-14-7-18(23(28,29)30)10-19(8-14)24(31,32)33)13-16-9-17(22(25,26)27)4-5-20(16)15-3-2-6-34-11-15/h2-11H,12-13H2,1H3. The van der Waals surface area contributed by atoms with Gasteiger partial charge in [0.25, 0.3) is 0 Å². The maximum absolute atomic E-state index is 13.4. The number of carbonyl (C=O) groups excluding carboxylic acids is 1. The number of aromatic nitrogens is 1. The molecule has 0 fully saturated rings. The average molecular weight is 536 g/mol. The van der Waals surface area contributed by atoms with E-state index in [9.17, 15) is 44.3 Å². The summed E-state index contributed by atoms with van der Waals surface area (Å²) in [5, 5.41) is 0. The summed E-state index contributed by atoms with van der Waals surface area (Å²) in [6.45, 7) is -1.44. The van der Waals surface area contributed by atoms with E-state index in [-0.39, 0.29) is 17.2 Å². The Morgan fingerprint density at radius 3 is 1.89 bits per heavy atom. The number of benzene rings is 2. The van der Waals surface area contributed by atoms with Crippen molar-refractivity contribution in [2.75, 3.05) is 7.11 Å². The van der Waals surface area contributed by atoms with Crippen molar-refractivity contribution in [3.05, 3.63) is 88.7 Å². The molecule has 0 saturated heterocycles. The highest BCUT2D eigenvalue weighted by Gasteiger charge is 2.37. The third kappa shape index (κ3) is 6.92. The van der Waals surface area contributed by atoms with Gasteiger partial charge in [-0.05, 0) is 53.1 Å². The summed E-state index contributed by atoms with van der Waals surface area (Å²) >= 11 is 0. The van der Waals surface area contributed by atoms with Gasteiger partial charge in [-0.2, -0.15) is 39.5 Å². The summed E-state index contributed by atoms with van der Waals surface area (Å²) < 4.78 is 124. The van der Waals surface area contributed by atoms with Crippen molar-refractivity contribution >= 4 is 6.09 Å². The SMILES string of the molecule is COC(=O)N(Cc1cc(C(F)(F)F)cc(C(F)(F)F)c1)Cc1cc(C(F)(F)F)ccc1-c1cccnc1. The Hall–Kier alpha value is -3.77. The van der Waals surface area contributed by atoms with Gasteiger partial charge in [-0.25, -0.2) is 4.79 Å². The molecule has 0 bridgehead atoms. The first-order valence-electron chi connectivity index (χ1n) is 10.3. The number of nitrogens with zero attached hydrogens (tertiary/aromatic N) is 2. The number of ether oxygens (including phenoxy) is 1. The Morgan fingerprint density at radius 1 is 0.811 bits per heavy atom. The Morgan fingerprint density at radius 2 is 1.41 bits per heavy atom. The molecular formula is C24H17F9N2O2. The lowest BCUT2D eigenvalue weighted by Gasteiger charge is -2.24. The minimum Gasteiger partial charge on any atom is -0.453 e. The highest BCUT2D eigenvalue weighted by Crippen LogP contribution is 2.37. The number of halogens is 9. The Bertz CT molecular complexity index is 1220. The van der Waals surface area contributed by atoms with Gasteiger partial charge in [0.15, 0.2) is 0 Å². The summed E-state index contributed by atoms with van der Waals surface area (Å²) in [6, 6.07) is 6.51. The van der Waals surface area contributed by atoms with Crippen LogP contribution >= 0.6 is 0 Å². The fourth-order valence-electron chi connectivity index (χ4n) is 3.56. The van der Waals surface area contributed by atoms with Gasteiger partial charge in [0, 0.05) is 31.0 Å². The Labute approximate surface area is 204 Å². The van der Waals surface area contributed by atoms with Crippen molar-refractivity contribution < 1.29 is 49.0 Å². The van der Waals surface area contributed by atoms with Crippen LogP contribution < -0.4 is 0 Å². The zero-order valence-electron chi connectivity index (χ0n) is 18.8. The van der Waals surface area contributed by atoms with Crippen LogP contribution in [0.5, 0.6) is 0 Å². The topological polar surface area (TPSA) is 42.4 Å². The number of alkyl halides is 9. The van der Waals surface area contributed by atoms with E-state index in [1.807, 2.05) is 0 Å². The first-order valence-corrected chi connectivity index (χ1v) is 10.3. The maximum Gasteiger partial charge on any atom is 0.416 e. The molecular weight excluding hydrogens is 519 g/mol. The van der Waals surface area contributed by atoms with Crippen molar-refractivity contribution in [1.29, 1.82) is 0 Å². The largest absolute Gasteiger partial charge is 0.453 e. The van der Waals surface area contributed by atoms with E-state index >= 15 is 0 Å². The van der Waals surface area contributed by atoms with Crippen LogP contribution in [0.4, 0.5) is 44.3 Å². The van der Waals surface area contributed by atoms with Crippen LogP contribution in [0.2, 0.25) is 0 Å². The van der Waals surface area contributed by atoms with Crippen LogP contribution in [0.1, 0.15) is 27.8 Å². The monoisotopic (exact) mass is 536 g/mol. The Kier molecular flexibility index (Phi) is 7.75. The highest BCUT2D eigenvalue weighted by atomic mass is 19.4. The fourth-order valence-corrected chi connectivity index (χ4v) is 3.56. The molecule has 0 aliphatic carbocycles. The quantitative estimate of drug-likeness (QED) is 0.316. The summed E-state index contributed by atoms with van der Waals surface area (Å²) in [4.78, 5) is 17.0. The summed E-state index contributed by atoms with van der Waals surface area (Å²) in [5.41, 5.74) is -4.32. The maximum atomic E-state index is 13.4. The van der Waals surface area contributed by atoms with E-state index < -0.39 is 60.0 Å². The van der Waals surface area contributed by atoms with Gasteiger partial charge < -0.3 is 4.74 Å². The molecule has 0 aliphatic heterocycles. The second-order valence-electron chi connectivity index (χ2n) is 7.85. The molecule has 37 heavy (non-hydrogen) atoms. The molecule has 3 aromatic rings. The molecule has 2 aromatic carbocycles. The highest BCUT2D eigenvalue weighted by molar-refractivity contribution is 5.70. The second kappa shape index (κ2) is 10.3. The molecule has 0 radical (unpaired) electrons. The Balaban J connectivity index is 2.09. The van der Waals surface area contributed by atoms with Gasteiger partial charge in [-0.3, -0.25) is 9.88 Å². The lowest BCUT2D eigenvalue weighted by atomic mass is 9.97. The van der Waals surface area contributed by atoms with Gasteiger partial charge in [0.05, 0.1) is 23.8 Å². The fraction of sp³-hybridized carbons (Fsp3) is 0.250. The third-order valence-corrected chi connectivity index (χ3v) is 5.22. The molecule has 0 atom stereocenters. The van der Waals surface area contributed by atoms with Gasteiger partial charge >= 0.3 is 24.6 Å². The molecule has 13 heteroatoms. The van der Waals surface area contributed by atoms with Gasteiger partial charge in [-0.15, -0.1) is 0 Å². The van der Waals surface area contributed by atoms with Crippen LogP contribution in [0, 0.1) is 0 Å². The zero-order chi connectivity index (χ0) is 27.6. The molecule has 0 unspecified atom stereocenters. The average Bonchev–Trinajstić information content (AvgIpc) is 2.81. The molecule has 3 rings (SSSR count). The predicted molar refractivity (Wildman–Crippen MR) is 113 cm³/mol. The number of hydrogen-bond donors (Lipinski definition) is 0. The number of carbonyl (C=O) groups is 1. The number of hydrogen-bond acceptors (Lipinski definition) is 3. The molecule has 4 nitrogen and oxygen atoms in total. The van der Waals surface area contributed by atoms with Gasteiger partial charge in [-0.1, -0.05) is 12.1 Å². The lowest BCUT2D eigenvalue weighted by Crippen LogP contribution is -2.30. The van der Waals surface area contributed by atoms with Crippen molar-refractivity contribution in [1.82, 2.24) is 9.88 Å². The summed E-state index contributed by atoms with van der Waals surface area (Å²) in [6.07, 6.45) is -13.4. The van der Waals surface area contributed by atoms with Crippen LogP contribution in [-0.4, -0.2) is 23.1 Å². The first kappa shape index (κ1) is 27.8. The van der Waals surface area contributed by atoms with Crippen LogP contribution in [0.25, 0.3) is 11.1 Å². The zero-order valence-corrected chi connectivity index (χ0v) is 18.8. The molecule has 0 saturated carbocycles. The van der Waals surface area contributed by atoms with Crippen molar-refractivity contribution in [2.45, 2.75) is 31.6 Å². The number of methoxy groups -OCH3 is 1. The molecule has 0 N–H and O–H groups in total. The number of pyridine rings is 1. The molecule has 1 heterocycles. The molecule has 1 aromatic heterocycles. The second-order valence-corrected chi connectivity index (χ2v) is 7.85. The normalized spacial score (nSPS) is 12.4. The lowest BCUT2D eigenvalue weighted by molar-refractivity contribution is -0.143. The first-order chi connectivity index (χ1) is 17.1. The van der Waals surface area contributed by atoms with Crippen LogP contribution in [0.15, 0.2) is 60.9 Å². The van der Waals surface area contributed by atoms with Crippen LogP contribution in [0.3, 0.4) is 0 Å². The van der Waals surface area contributed by atoms with E-state index in [2.05, 4.69) is 9.72 Å². The minimum absolute atomic E-state index is 0.0701. The van der Waals surface area contributed by atoms with Gasteiger partial charge in [0.2, 0.25) is 0 Å².